The SMILES string of the molecule is C1=C2Cc3ccc4n3[C@]35c6c(cccc6C4)Cc4cccc(c43)CC(C1)N25. The average Bonchev–Trinajstić information content (AvgIpc) is 3.28. The molecular formula is C25H20N2. The Morgan fingerprint density at radius 3 is 2.22 bits per heavy atom. The van der Waals surface area contributed by atoms with Crippen LogP contribution in [0.4, 0.5) is 0 Å². The number of hydrogen-bond acceptors (Lipinski definition) is 1. The van der Waals surface area contributed by atoms with E-state index in [0.29, 0.717) is 6.04 Å². The second-order valence-electron chi connectivity index (χ2n) is 8.92. The van der Waals surface area contributed by atoms with Crippen LogP contribution in [-0.4, -0.2) is 15.5 Å². The van der Waals surface area contributed by atoms with Crippen LogP contribution < -0.4 is 0 Å². The van der Waals surface area contributed by atoms with Crippen molar-refractivity contribution in [2.24, 2.45) is 0 Å². The third-order valence-electron chi connectivity index (χ3n) is 7.76. The molecule has 2 aromatic carbocycles. The van der Waals surface area contributed by atoms with Crippen LogP contribution in [-0.2, 0) is 31.3 Å². The van der Waals surface area contributed by atoms with Crippen molar-refractivity contribution < 1.29 is 0 Å². The van der Waals surface area contributed by atoms with Crippen molar-refractivity contribution in [3.05, 3.63) is 105 Å². The third kappa shape index (κ3) is 1.26. The summed E-state index contributed by atoms with van der Waals surface area (Å²) in [5.74, 6) is 0. The molecule has 0 bridgehead atoms. The van der Waals surface area contributed by atoms with E-state index in [9.17, 15) is 0 Å². The first-order chi connectivity index (χ1) is 13.4. The summed E-state index contributed by atoms with van der Waals surface area (Å²) in [6, 6.07) is 19.5. The van der Waals surface area contributed by atoms with Gasteiger partial charge in [-0.1, -0.05) is 42.5 Å². The van der Waals surface area contributed by atoms with Gasteiger partial charge in [0, 0.05) is 47.1 Å². The van der Waals surface area contributed by atoms with Crippen molar-refractivity contribution in [2.45, 2.75) is 43.8 Å². The molecule has 5 heterocycles. The first-order valence-corrected chi connectivity index (χ1v) is 10.3. The molecule has 0 saturated heterocycles. The molecule has 27 heavy (non-hydrogen) atoms. The Bertz CT molecular complexity index is 1230. The predicted molar refractivity (Wildman–Crippen MR) is 105 cm³/mol. The van der Waals surface area contributed by atoms with E-state index in [1.54, 1.807) is 28.0 Å². The van der Waals surface area contributed by atoms with Crippen LogP contribution in [0.1, 0.15) is 51.2 Å². The second-order valence-corrected chi connectivity index (χ2v) is 8.92. The van der Waals surface area contributed by atoms with Crippen LogP contribution >= 0.6 is 0 Å². The smallest absolute Gasteiger partial charge is 0.171 e. The molecule has 2 atom stereocenters. The van der Waals surface area contributed by atoms with Crippen molar-refractivity contribution in [3.63, 3.8) is 0 Å². The normalized spacial score (nSPS) is 27.2. The molecule has 4 aliphatic heterocycles. The summed E-state index contributed by atoms with van der Waals surface area (Å²) in [6.07, 6.45) is 8.16. The minimum Gasteiger partial charge on any atom is -0.341 e. The van der Waals surface area contributed by atoms with Crippen LogP contribution in [0.3, 0.4) is 0 Å². The van der Waals surface area contributed by atoms with Gasteiger partial charge < -0.3 is 9.47 Å². The van der Waals surface area contributed by atoms with E-state index in [1.807, 2.05) is 0 Å². The molecule has 130 valence electrons. The van der Waals surface area contributed by atoms with Crippen molar-refractivity contribution in [1.29, 1.82) is 0 Å². The number of benzene rings is 2. The van der Waals surface area contributed by atoms with Gasteiger partial charge in [0.1, 0.15) is 0 Å². The fourth-order valence-corrected chi connectivity index (χ4v) is 7.08. The van der Waals surface area contributed by atoms with Crippen LogP contribution in [0.25, 0.3) is 0 Å². The Balaban J connectivity index is 1.66. The highest BCUT2D eigenvalue weighted by Crippen LogP contribution is 2.59. The zero-order valence-electron chi connectivity index (χ0n) is 15.2. The van der Waals surface area contributed by atoms with Gasteiger partial charge in [-0.2, -0.15) is 0 Å². The maximum absolute atomic E-state index is 2.84. The number of hydrogen-bond donors (Lipinski definition) is 0. The monoisotopic (exact) mass is 348 g/mol. The zero-order chi connectivity index (χ0) is 17.3. The zero-order valence-corrected chi connectivity index (χ0v) is 15.2. The van der Waals surface area contributed by atoms with Gasteiger partial charge in [0.25, 0.3) is 0 Å². The van der Waals surface area contributed by atoms with Gasteiger partial charge >= 0.3 is 0 Å². The maximum Gasteiger partial charge on any atom is 0.171 e. The first-order valence-electron chi connectivity index (χ1n) is 10.3. The molecule has 3 aromatic rings. The van der Waals surface area contributed by atoms with Crippen molar-refractivity contribution in [1.82, 2.24) is 9.47 Å². The van der Waals surface area contributed by atoms with E-state index >= 15 is 0 Å². The molecule has 0 amide bonds. The van der Waals surface area contributed by atoms with E-state index in [-0.39, 0.29) is 5.66 Å². The Kier molecular flexibility index (Phi) is 2.02. The number of nitrogens with zero attached hydrogens (tertiary/aromatic N) is 2. The minimum absolute atomic E-state index is 0.133. The summed E-state index contributed by atoms with van der Waals surface area (Å²) in [7, 11) is 0. The molecule has 0 radical (unpaired) electrons. The fraction of sp³-hybridized carbons (Fsp3) is 0.280. The maximum atomic E-state index is 2.84. The van der Waals surface area contributed by atoms with Crippen molar-refractivity contribution >= 4 is 0 Å². The molecule has 8 rings (SSSR count). The van der Waals surface area contributed by atoms with Crippen LogP contribution in [0, 0.1) is 0 Å². The molecule has 2 heteroatoms. The van der Waals surface area contributed by atoms with Gasteiger partial charge in [-0.15, -0.1) is 0 Å². The van der Waals surface area contributed by atoms with E-state index in [4.69, 9.17) is 0 Å². The quantitative estimate of drug-likeness (QED) is 0.593. The summed E-state index contributed by atoms with van der Waals surface area (Å²) in [5.41, 5.74) is 13.8. The van der Waals surface area contributed by atoms with E-state index < -0.39 is 0 Å². The van der Waals surface area contributed by atoms with Crippen LogP contribution in [0.2, 0.25) is 0 Å². The summed E-state index contributed by atoms with van der Waals surface area (Å²) in [4.78, 5) is 2.84. The summed E-state index contributed by atoms with van der Waals surface area (Å²) < 4.78 is 2.75. The molecule has 0 N–H and O–H groups in total. The summed E-state index contributed by atoms with van der Waals surface area (Å²) in [5, 5.41) is 0. The molecule has 0 fully saturated rings. The fourth-order valence-electron chi connectivity index (χ4n) is 7.08. The Morgan fingerprint density at radius 1 is 0.741 bits per heavy atom. The molecular weight excluding hydrogens is 328 g/mol. The van der Waals surface area contributed by atoms with Crippen molar-refractivity contribution in [3.8, 4) is 0 Å². The van der Waals surface area contributed by atoms with E-state index in [1.165, 1.54) is 35.4 Å². The molecule has 5 aliphatic rings. The lowest BCUT2D eigenvalue weighted by atomic mass is 9.67. The third-order valence-corrected chi connectivity index (χ3v) is 7.76. The van der Waals surface area contributed by atoms with Gasteiger partial charge in [0.05, 0.1) is 0 Å². The molecule has 1 spiro atoms. The topological polar surface area (TPSA) is 8.17 Å². The Labute approximate surface area is 158 Å². The van der Waals surface area contributed by atoms with Crippen LogP contribution in [0.15, 0.2) is 60.3 Å². The molecule has 1 unspecified atom stereocenters. The number of allylic oxidation sites excluding steroid dienone is 1. The van der Waals surface area contributed by atoms with E-state index in [2.05, 4.69) is 64.1 Å². The van der Waals surface area contributed by atoms with Crippen molar-refractivity contribution in [2.75, 3.05) is 0 Å². The highest BCUT2D eigenvalue weighted by atomic mass is 15.4. The Morgan fingerprint density at radius 2 is 1.41 bits per heavy atom. The average molecular weight is 348 g/mol. The van der Waals surface area contributed by atoms with Crippen LogP contribution in [0.5, 0.6) is 0 Å². The largest absolute Gasteiger partial charge is 0.341 e. The van der Waals surface area contributed by atoms with Gasteiger partial charge in [0.15, 0.2) is 5.66 Å². The number of aromatic nitrogens is 1. The highest BCUT2D eigenvalue weighted by Gasteiger charge is 2.59. The van der Waals surface area contributed by atoms with Gasteiger partial charge in [-0.05, 0) is 53.6 Å². The summed E-state index contributed by atoms with van der Waals surface area (Å²) >= 11 is 0. The lowest BCUT2D eigenvalue weighted by molar-refractivity contribution is 0.0561. The first kappa shape index (κ1) is 13.4. The van der Waals surface area contributed by atoms with Gasteiger partial charge in [-0.3, -0.25) is 0 Å². The minimum atomic E-state index is -0.133. The number of rotatable bonds is 0. The molecule has 0 saturated carbocycles. The predicted octanol–water partition coefficient (Wildman–Crippen LogP) is 4.12. The van der Waals surface area contributed by atoms with Gasteiger partial charge in [-0.25, -0.2) is 0 Å². The molecule has 1 aliphatic carbocycles. The lowest BCUT2D eigenvalue weighted by Gasteiger charge is -2.60. The molecule has 1 aromatic heterocycles. The van der Waals surface area contributed by atoms with E-state index in [0.717, 1.165) is 19.3 Å². The lowest BCUT2D eigenvalue weighted by Crippen LogP contribution is -2.63. The standard InChI is InChI=1S/C25H20N2/c1-3-15-11-16-4-2-6-18-13-20-8-10-22-14-21-9-7-19-12-17(5-1)23(15)25(24(16)18,26(19)21)27(20)22/h1-7,9-10,20H,8,11-14H2/t20?,25-/m0/s1. The highest BCUT2D eigenvalue weighted by molar-refractivity contribution is 5.64. The Hall–Kier alpha value is -2.74. The second kappa shape index (κ2) is 4.06. The molecule has 2 nitrogen and oxygen atoms in total. The van der Waals surface area contributed by atoms with Gasteiger partial charge in [0.2, 0.25) is 0 Å². The summed E-state index contributed by atoms with van der Waals surface area (Å²) in [6.45, 7) is 0.